The van der Waals surface area contributed by atoms with Gasteiger partial charge >= 0.3 is 0 Å². The number of methoxy groups -OCH3 is 1. The van der Waals surface area contributed by atoms with Gasteiger partial charge in [0.05, 0.1) is 7.11 Å². The zero-order chi connectivity index (χ0) is 11.6. The van der Waals surface area contributed by atoms with E-state index in [9.17, 15) is 5.11 Å². The first-order valence-electron chi connectivity index (χ1n) is 4.71. The summed E-state index contributed by atoms with van der Waals surface area (Å²) in [6.07, 6.45) is -0.766. The molecule has 0 spiro atoms. The van der Waals surface area contributed by atoms with Gasteiger partial charge in [0.2, 0.25) is 0 Å². The maximum atomic E-state index is 9.79. The van der Waals surface area contributed by atoms with Crippen LogP contribution in [0.15, 0.2) is 6.07 Å². The molecule has 0 radical (unpaired) electrons. The second-order valence-electron chi connectivity index (χ2n) is 3.44. The van der Waals surface area contributed by atoms with Gasteiger partial charge in [-0.1, -0.05) is 11.6 Å². The molecule has 0 saturated heterocycles. The van der Waals surface area contributed by atoms with Crippen LogP contribution in [0.25, 0.3) is 0 Å². The van der Waals surface area contributed by atoms with Crippen LogP contribution in [-0.2, 0) is 0 Å². The molecule has 0 bridgehead atoms. The van der Waals surface area contributed by atoms with Crippen molar-refractivity contribution in [3.05, 3.63) is 27.8 Å². The summed E-state index contributed by atoms with van der Waals surface area (Å²) in [5, 5.41) is 13.2. The molecule has 3 nitrogen and oxygen atoms in total. The fourth-order valence-corrected chi connectivity index (χ4v) is 1.75. The Labute approximate surface area is 95.0 Å². The molecular weight excluding hydrogens is 214 g/mol. The number of aliphatic hydroxyl groups excluding tert-OH is 1. The summed E-state index contributed by atoms with van der Waals surface area (Å²) in [6, 6.07) is 1.82. The Hall–Kier alpha value is -0.770. The second kappa shape index (κ2) is 4.84. The highest BCUT2D eigenvalue weighted by Crippen LogP contribution is 2.34. The van der Waals surface area contributed by atoms with Crippen molar-refractivity contribution in [1.82, 2.24) is 5.32 Å². The first kappa shape index (κ1) is 12.3. The molecule has 0 amide bonds. The smallest absolute Gasteiger partial charge is 0.134 e. The SMILES string of the molecule is CNC(O)c1c(OC)cc(C)c(Cl)c1C. The molecular formula is C11H16ClNO2. The van der Waals surface area contributed by atoms with E-state index in [1.165, 1.54) is 0 Å². The summed E-state index contributed by atoms with van der Waals surface area (Å²) in [5.41, 5.74) is 2.48. The maximum absolute atomic E-state index is 9.79. The van der Waals surface area contributed by atoms with Gasteiger partial charge in [-0.2, -0.15) is 0 Å². The van der Waals surface area contributed by atoms with Crippen molar-refractivity contribution in [3.8, 4) is 5.75 Å². The van der Waals surface area contributed by atoms with Crippen LogP contribution in [0.2, 0.25) is 5.02 Å². The van der Waals surface area contributed by atoms with Crippen molar-refractivity contribution in [2.24, 2.45) is 0 Å². The Bertz CT molecular complexity index is 366. The van der Waals surface area contributed by atoms with Gasteiger partial charge in [-0.15, -0.1) is 0 Å². The molecule has 0 aliphatic heterocycles. The largest absolute Gasteiger partial charge is 0.496 e. The first-order valence-corrected chi connectivity index (χ1v) is 5.09. The lowest BCUT2D eigenvalue weighted by molar-refractivity contribution is 0.145. The number of hydrogen-bond donors (Lipinski definition) is 2. The lowest BCUT2D eigenvalue weighted by Crippen LogP contribution is -2.17. The number of benzene rings is 1. The van der Waals surface area contributed by atoms with Crippen LogP contribution in [0.5, 0.6) is 5.75 Å². The number of aryl methyl sites for hydroxylation is 1. The van der Waals surface area contributed by atoms with E-state index < -0.39 is 6.23 Å². The molecule has 1 rings (SSSR count). The predicted molar refractivity (Wildman–Crippen MR) is 61.5 cm³/mol. The number of ether oxygens (including phenoxy) is 1. The summed E-state index contributed by atoms with van der Waals surface area (Å²) in [5.74, 6) is 0.649. The van der Waals surface area contributed by atoms with E-state index in [0.29, 0.717) is 16.3 Å². The Kier molecular flexibility index (Phi) is 3.97. The highest BCUT2D eigenvalue weighted by Gasteiger charge is 2.18. The van der Waals surface area contributed by atoms with Gasteiger partial charge in [0, 0.05) is 10.6 Å². The van der Waals surface area contributed by atoms with E-state index in [1.54, 1.807) is 14.2 Å². The molecule has 1 unspecified atom stereocenters. The van der Waals surface area contributed by atoms with Gasteiger partial charge in [0.25, 0.3) is 0 Å². The summed E-state index contributed by atoms with van der Waals surface area (Å²) >= 11 is 6.12. The maximum Gasteiger partial charge on any atom is 0.134 e. The summed E-state index contributed by atoms with van der Waals surface area (Å²) in [6.45, 7) is 3.78. The van der Waals surface area contributed by atoms with Crippen molar-refractivity contribution in [2.45, 2.75) is 20.1 Å². The molecule has 0 aliphatic rings. The molecule has 0 aromatic heterocycles. The topological polar surface area (TPSA) is 41.5 Å². The van der Waals surface area contributed by atoms with E-state index in [0.717, 1.165) is 11.1 Å². The Balaban J connectivity index is 3.40. The molecule has 15 heavy (non-hydrogen) atoms. The zero-order valence-corrected chi connectivity index (χ0v) is 10.1. The average molecular weight is 230 g/mol. The summed E-state index contributed by atoms with van der Waals surface area (Å²) in [7, 11) is 3.26. The van der Waals surface area contributed by atoms with E-state index in [-0.39, 0.29) is 0 Å². The molecule has 1 atom stereocenters. The van der Waals surface area contributed by atoms with Crippen molar-refractivity contribution >= 4 is 11.6 Å². The van der Waals surface area contributed by atoms with Crippen molar-refractivity contribution in [3.63, 3.8) is 0 Å². The van der Waals surface area contributed by atoms with E-state index in [2.05, 4.69) is 5.32 Å². The fourth-order valence-electron chi connectivity index (χ4n) is 1.59. The van der Waals surface area contributed by atoms with Crippen molar-refractivity contribution in [1.29, 1.82) is 0 Å². The van der Waals surface area contributed by atoms with Gasteiger partial charge < -0.3 is 9.84 Å². The van der Waals surface area contributed by atoms with Gasteiger partial charge in [0.15, 0.2) is 0 Å². The quantitative estimate of drug-likeness (QED) is 0.781. The van der Waals surface area contributed by atoms with Crippen LogP contribution >= 0.6 is 11.6 Å². The second-order valence-corrected chi connectivity index (χ2v) is 3.82. The molecule has 84 valence electrons. The Morgan fingerprint density at radius 2 is 2.07 bits per heavy atom. The van der Waals surface area contributed by atoms with Crippen LogP contribution in [0.3, 0.4) is 0 Å². The zero-order valence-electron chi connectivity index (χ0n) is 9.39. The normalized spacial score (nSPS) is 12.7. The number of rotatable bonds is 3. The third kappa shape index (κ3) is 2.25. The number of aliphatic hydroxyl groups is 1. The summed E-state index contributed by atoms with van der Waals surface area (Å²) < 4.78 is 5.23. The Morgan fingerprint density at radius 3 is 2.53 bits per heavy atom. The minimum absolute atomic E-state index is 0.649. The first-order chi connectivity index (χ1) is 7.02. The van der Waals surface area contributed by atoms with Crippen LogP contribution in [0.1, 0.15) is 22.9 Å². The number of hydrogen-bond acceptors (Lipinski definition) is 3. The highest BCUT2D eigenvalue weighted by molar-refractivity contribution is 6.32. The molecule has 2 N–H and O–H groups in total. The molecule has 1 aromatic carbocycles. The fraction of sp³-hybridized carbons (Fsp3) is 0.455. The third-order valence-corrected chi connectivity index (χ3v) is 3.04. The van der Waals surface area contributed by atoms with Crippen LogP contribution in [-0.4, -0.2) is 19.3 Å². The van der Waals surface area contributed by atoms with Gasteiger partial charge in [-0.05, 0) is 38.1 Å². The minimum Gasteiger partial charge on any atom is -0.496 e. The van der Waals surface area contributed by atoms with Gasteiger partial charge in [0.1, 0.15) is 12.0 Å². The summed E-state index contributed by atoms with van der Waals surface area (Å²) in [4.78, 5) is 0. The van der Waals surface area contributed by atoms with Gasteiger partial charge in [-0.25, -0.2) is 0 Å². The molecule has 0 heterocycles. The molecule has 0 saturated carbocycles. The molecule has 1 aromatic rings. The van der Waals surface area contributed by atoms with E-state index in [1.807, 2.05) is 19.9 Å². The molecule has 0 aliphatic carbocycles. The Morgan fingerprint density at radius 1 is 1.47 bits per heavy atom. The standard InChI is InChI=1S/C11H16ClNO2/c1-6-5-8(15-4)9(11(14)13-3)7(2)10(6)12/h5,11,13-14H,1-4H3. The van der Waals surface area contributed by atoms with Crippen molar-refractivity contribution < 1.29 is 9.84 Å². The average Bonchev–Trinajstić information content (AvgIpc) is 2.24. The third-order valence-electron chi connectivity index (χ3n) is 2.46. The highest BCUT2D eigenvalue weighted by atomic mass is 35.5. The lowest BCUT2D eigenvalue weighted by atomic mass is 10.0. The van der Waals surface area contributed by atoms with Crippen LogP contribution < -0.4 is 10.1 Å². The lowest BCUT2D eigenvalue weighted by Gasteiger charge is -2.19. The monoisotopic (exact) mass is 229 g/mol. The molecule has 4 heteroatoms. The van der Waals surface area contributed by atoms with Crippen LogP contribution in [0.4, 0.5) is 0 Å². The van der Waals surface area contributed by atoms with E-state index >= 15 is 0 Å². The van der Waals surface area contributed by atoms with E-state index in [4.69, 9.17) is 16.3 Å². The number of nitrogens with one attached hydrogen (secondary N) is 1. The van der Waals surface area contributed by atoms with Crippen LogP contribution in [0, 0.1) is 13.8 Å². The van der Waals surface area contributed by atoms with Crippen molar-refractivity contribution in [2.75, 3.05) is 14.2 Å². The molecule has 0 fully saturated rings. The number of halogens is 1. The minimum atomic E-state index is -0.766. The van der Waals surface area contributed by atoms with Gasteiger partial charge in [-0.3, -0.25) is 5.32 Å². The predicted octanol–water partition coefficient (Wildman–Crippen LogP) is 2.18.